The van der Waals surface area contributed by atoms with Crippen LogP contribution < -0.4 is 0 Å². The Balaban J connectivity index is 1.59. The number of nitrogens with one attached hydrogen (secondary N) is 1. The van der Waals surface area contributed by atoms with Gasteiger partial charge in [0.25, 0.3) is 0 Å². The Morgan fingerprint density at radius 3 is 2.81 bits per heavy atom. The molecule has 3 heterocycles. The molecule has 4 aromatic rings. The van der Waals surface area contributed by atoms with E-state index >= 15 is 0 Å². The number of aromatic nitrogens is 3. The highest BCUT2D eigenvalue weighted by atomic mass is 32.1. The SMILES string of the molecule is Cc1nc([C@@H](C)N(C)Cc2cn[nH]c2-c2cc3ccccc3o2)c(C)s1. The number of hydrogen-bond acceptors (Lipinski definition) is 5. The second-order valence-corrected chi connectivity index (χ2v) is 8.09. The molecule has 1 atom stereocenters. The largest absolute Gasteiger partial charge is 0.454 e. The molecule has 0 aliphatic carbocycles. The molecule has 3 aromatic heterocycles. The molecule has 4 rings (SSSR count). The number of furan rings is 1. The Bertz CT molecular complexity index is 1010. The van der Waals surface area contributed by atoms with Crippen molar-refractivity contribution >= 4 is 22.3 Å². The van der Waals surface area contributed by atoms with E-state index in [0.29, 0.717) is 0 Å². The number of nitrogens with zero attached hydrogens (tertiary/aromatic N) is 3. The van der Waals surface area contributed by atoms with Gasteiger partial charge in [-0.1, -0.05) is 18.2 Å². The third-order valence-corrected chi connectivity index (χ3v) is 5.71. The standard InChI is InChI=1S/C20H22N4OS/c1-12(19-13(2)26-14(3)22-19)24(4)11-16-10-21-23-20(16)18-9-15-7-5-6-8-17(15)25-18/h5-10,12H,11H2,1-4H3,(H,21,23)/t12-/m1/s1. The van der Waals surface area contributed by atoms with Gasteiger partial charge in [-0.3, -0.25) is 10.00 Å². The molecular weight excluding hydrogens is 344 g/mol. The Hall–Kier alpha value is -2.44. The van der Waals surface area contributed by atoms with Gasteiger partial charge in [0.2, 0.25) is 0 Å². The van der Waals surface area contributed by atoms with Gasteiger partial charge in [-0.2, -0.15) is 5.10 Å². The zero-order valence-electron chi connectivity index (χ0n) is 15.4. The number of H-pyrrole nitrogens is 1. The van der Waals surface area contributed by atoms with E-state index < -0.39 is 0 Å². The van der Waals surface area contributed by atoms with Crippen LogP contribution in [0.3, 0.4) is 0 Å². The van der Waals surface area contributed by atoms with E-state index in [2.05, 4.69) is 55.0 Å². The van der Waals surface area contributed by atoms with Crippen LogP contribution in [0.25, 0.3) is 22.4 Å². The van der Waals surface area contributed by atoms with E-state index in [0.717, 1.165) is 45.2 Å². The van der Waals surface area contributed by atoms with Crippen molar-refractivity contribution in [2.75, 3.05) is 7.05 Å². The molecule has 1 aromatic carbocycles. The number of aromatic amines is 1. The van der Waals surface area contributed by atoms with Crippen LogP contribution in [0.4, 0.5) is 0 Å². The molecule has 6 heteroatoms. The van der Waals surface area contributed by atoms with Gasteiger partial charge in [0.15, 0.2) is 5.76 Å². The Labute approximate surface area is 156 Å². The normalized spacial score (nSPS) is 13.0. The summed E-state index contributed by atoms with van der Waals surface area (Å²) in [6, 6.07) is 10.3. The van der Waals surface area contributed by atoms with Crippen molar-refractivity contribution in [3.8, 4) is 11.5 Å². The maximum Gasteiger partial charge on any atom is 0.153 e. The quantitative estimate of drug-likeness (QED) is 0.534. The summed E-state index contributed by atoms with van der Waals surface area (Å²) in [6.45, 7) is 7.16. The summed E-state index contributed by atoms with van der Waals surface area (Å²) in [7, 11) is 2.12. The van der Waals surface area contributed by atoms with Crippen LogP contribution in [0.15, 0.2) is 40.9 Å². The number of rotatable bonds is 5. The van der Waals surface area contributed by atoms with Gasteiger partial charge in [-0.05, 0) is 40.0 Å². The average molecular weight is 366 g/mol. The molecule has 0 radical (unpaired) electrons. The minimum absolute atomic E-state index is 0.235. The second-order valence-electron chi connectivity index (χ2n) is 6.68. The zero-order chi connectivity index (χ0) is 18.3. The maximum absolute atomic E-state index is 6.00. The summed E-state index contributed by atoms with van der Waals surface area (Å²) in [6.07, 6.45) is 1.88. The van der Waals surface area contributed by atoms with Crippen LogP contribution in [0.2, 0.25) is 0 Å². The number of fused-ring (bicyclic) bond motifs is 1. The smallest absolute Gasteiger partial charge is 0.153 e. The molecule has 26 heavy (non-hydrogen) atoms. The van der Waals surface area contributed by atoms with E-state index in [-0.39, 0.29) is 6.04 Å². The molecule has 134 valence electrons. The van der Waals surface area contributed by atoms with Crippen LogP contribution in [-0.4, -0.2) is 27.1 Å². The molecular formula is C20H22N4OS. The Kier molecular flexibility index (Phi) is 4.38. The lowest BCUT2D eigenvalue weighted by atomic mass is 10.1. The van der Waals surface area contributed by atoms with Crippen molar-refractivity contribution in [3.63, 3.8) is 0 Å². The first-order chi connectivity index (χ1) is 12.5. The molecule has 0 amide bonds. The third kappa shape index (κ3) is 3.06. The van der Waals surface area contributed by atoms with Crippen LogP contribution in [-0.2, 0) is 6.54 Å². The Morgan fingerprint density at radius 1 is 1.27 bits per heavy atom. The summed E-state index contributed by atoms with van der Waals surface area (Å²) < 4.78 is 6.00. The summed E-state index contributed by atoms with van der Waals surface area (Å²) in [5.41, 5.74) is 4.09. The van der Waals surface area contributed by atoms with Crippen molar-refractivity contribution in [1.82, 2.24) is 20.1 Å². The predicted octanol–water partition coefficient (Wildman–Crippen LogP) is 5.09. The van der Waals surface area contributed by atoms with Crippen molar-refractivity contribution in [1.29, 1.82) is 0 Å². The highest BCUT2D eigenvalue weighted by molar-refractivity contribution is 7.11. The van der Waals surface area contributed by atoms with Crippen LogP contribution in [0.1, 0.15) is 34.1 Å². The van der Waals surface area contributed by atoms with Gasteiger partial charge in [0, 0.05) is 22.4 Å². The molecule has 0 aliphatic rings. The van der Waals surface area contributed by atoms with Crippen LogP contribution >= 0.6 is 11.3 Å². The number of hydrogen-bond donors (Lipinski definition) is 1. The predicted molar refractivity (Wildman–Crippen MR) is 105 cm³/mol. The van der Waals surface area contributed by atoms with Crippen molar-refractivity contribution in [2.45, 2.75) is 33.4 Å². The molecule has 0 aliphatic heterocycles. The van der Waals surface area contributed by atoms with E-state index in [1.165, 1.54) is 4.88 Å². The fourth-order valence-corrected chi connectivity index (χ4v) is 4.20. The van der Waals surface area contributed by atoms with E-state index in [1.807, 2.05) is 24.4 Å². The van der Waals surface area contributed by atoms with Gasteiger partial charge in [-0.25, -0.2) is 4.98 Å². The zero-order valence-corrected chi connectivity index (χ0v) is 16.2. The fourth-order valence-electron chi connectivity index (χ4n) is 3.30. The van der Waals surface area contributed by atoms with Crippen LogP contribution in [0.5, 0.6) is 0 Å². The number of benzene rings is 1. The van der Waals surface area contributed by atoms with Crippen LogP contribution in [0, 0.1) is 13.8 Å². The molecule has 0 saturated carbocycles. The van der Waals surface area contributed by atoms with Gasteiger partial charge in [0.1, 0.15) is 11.3 Å². The Morgan fingerprint density at radius 2 is 2.08 bits per heavy atom. The van der Waals surface area contributed by atoms with Gasteiger partial charge < -0.3 is 4.42 Å². The van der Waals surface area contributed by atoms with Gasteiger partial charge in [0.05, 0.1) is 22.9 Å². The number of para-hydroxylation sites is 1. The minimum Gasteiger partial charge on any atom is -0.454 e. The third-order valence-electron chi connectivity index (χ3n) is 4.81. The van der Waals surface area contributed by atoms with Crippen molar-refractivity contribution in [3.05, 3.63) is 57.7 Å². The first-order valence-electron chi connectivity index (χ1n) is 8.68. The lowest BCUT2D eigenvalue weighted by Gasteiger charge is -2.23. The first-order valence-corrected chi connectivity index (χ1v) is 9.50. The first kappa shape index (κ1) is 17.0. The lowest BCUT2D eigenvalue weighted by molar-refractivity contribution is 0.249. The van der Waals surface area contributed by atoms with Gasteiger partial charge in [-0.15, -0.1) is 11.3 Å². The number of thiazole rings is 1. The molecule has 0 unspecified atom stereocenters. The summed E-state index contributed by atoms with van der Waals surface area (Å²) in [5, 5.41) is 9.56. The molecule has 1 N–H and O–H groups in total. The molecule has 5 nitrogen and oxygen atoms in total. The molecule has 0 spiro atoms. The summed E-state index contributed by atoms with van der Waals surface area (Å²) in [5.74, 6) is 0.820. The van der Waals surface area contributed by atoms with Gasteiger partial charge >= 0.3 is 0 Å². The van der Waals surface area contributed by atoms with E-state index in [1.54, 1.807) is 11.3 Å². The maximum atomic E-state index is 6.00. The molecule has 0 bridgehead atoms. The topological polar surface area (TPSA) is 58.0 Å². The molecule has 0 saturated heterocycles. The monoisotopic (exact) mass is 366 g/mol. The summed E-state index contributed by atoms with van der Waals surface area (Å²) in [4.78, 5) is 8.28. The highest BCUT2D eigenvalue weighted by Crippen LogP contribution is 2.31. The second kappa shape index (κ2) is 6.70. The van der Waals surface area contributed by atoms with E-state index in [4.69, 9.17) is 9.40 Å². The fraction of sp³-hybridized carbons (Fsp3) is 0.300. The van der Waals surface area contributed by atoms with E-state index in [9.17, 15) is 0 Å². The lowest BCUT2D eigenvalue weighted by Crippen LogP contribution is -2.22. The average Bonchev–Trinajstić information content (AvgIpc) is 3.31. The van der Waals surface area contributed by atoms with Crippen molar-refractivity contribution in [2.24, 2.45) is 0 Å². The molecule has 0 fully saturated rings. The number of aryl methyl sites for hydroxylation is 2. The minimum atomic E-state index is 0.235. The highest BCUT2D eigenvalue weighted by Gasteiger charge is 2.20. The summed E-state index contributed by atoms with van der Waals surface area (Å²) >= 11 is 1.75. The van der Waals surface area contributed by atoms with Crippen molar-refractivity contribution < 1.29 is 4.42 Å².